The van der Waals surface area contributed by atoms with Crippen molar-refractivity contribution in [1.82, 2.24) is 4.98 Å². The highest BCUT2D eigenvalue weighted by molar-refractivity contribution is 5.72. The van der Waals surface area contributed by atoms with Crippen molar-refractivity contribution >= 4 is 11.5 Å². The number of aliphatic hydroxyl groups is 1. The summed E-state index contributed by atoms with van der Waals surface area (Å²) in [5.41, 5.74) is 1.24. The molecule has 1 aromatic heterocycles. The van der Waals surface area contributed by atoms with Crippen molar-refractivity contribution < 1.29 is 15.0 Å². The molecular weight excluding hydrogens is 242 g/mol. The molecule has 1 aromatic rings. The Morgan fingerprint density at radius 1 is 1.47 bits per heavy atom. The van der Waals surface area contributed by atoms with Gasteiger partial charge in [0, 0.05) is 18.3 Å². The van der Waals surface area contributed by atoms with E-state index in [1.54, 1.807) is 6.20 Å². The lowest BCUT2D eigenvalue weighted by molar-refractivity contribution is -0.147. The zero-order valence-corrected chi connectivity index (χ0v) is 10.6. The van der Waals surface area contributed by atoms with Crippen LogP contribution in [-0.2, 0) is 4.79 Å². The van der Waals surface area contributed by atoms with Gasteiger partial charge in [0.2, 0.25) is 0 Å². The number of carboxylic acid groups (broad SMARTS) is 1. The number of allylic oxidation sites excluding steroid dienone is 1. The van der Waals surface area contributed by atoms with Crippen LogP contribution < -0.4 is 0 Å². The van der Waals surface area contributed by atoms with Gasteiger partial charge in [0.05, 0.1) is 12.0 Å². The molecule has 100 valence electrons. The maximum absolute atomic E-state index is 10.9. The molecule has 0 radical (unpaired) electrons. The SMILES string of the molecule is O=C(O)C[C@]1(O)C[C@H]2CC[C@@H]1C=C2c1cccnc1. The first-order valence-corrected chi connectivity index (χ1v) is 6.65. The van der Waals surface area contributed by atoms with E-state index in [0.29, 0.717) is 6.42 Å². The Labute approximate surface area is 111 Å². The van der Waals surface area contributed by atoms with Crippen molar-refractivity contribution in [2.75, 3.05) is 0 Å². The average Bonchev–Trinajstić information content (AvgIpc) is 2.39. The van der Waals surface area contributed by atoms with Crippen LogP contribution in [0.5, 0.6) is 0 Å². The van der Waals surface area contributed by atoms with Gasteiger partial charge in [0.25, 0.3) is 0 Å². The van der Waals surface area contributed by atoms with Gasteiger partial charge in [-0.1, -0.05) is 12.1 Å². The Morgan fingerprint density at radius 3 is 2.89 bits per heavy atom. The molecule has 4 nitrogen and oxygen atoms in total. The van der Waals surface area contributed by atoms with Crippen LogP contribution in [-0.4, -0.2) is 26.8 Å². The minimum absolute atomic E-state index is 0.0520. The first-order chi connectivity index (χ1) is 9.08. The summed E-state index contributed by atoms with van der Waals surface area (Å²) in [4.78, 5) is 15.0. The van der Waals surface area contributed by atoms with Crippen molar-refractivity contribution in [1.29, 1.82) is 0 Å². The molecule has 4 heteroatoms. The molecule has 0 saturated heterocycles. The maximum atomic E-state index is 10.9. The van der Waals surface area contributed by atoms with Gasteiger partial charge in [0.15, 0.2) is 0 Å². The van der Waals surface area contributed by atoms with Crippen molar-refractivity contribution in [3.8, 4) is 0 Å². The first kappa shape index (κ1) is 12.4. The van der Waals surface area contributed by atoms with Gasteiger partial charge in [-0.3, -0.25) is 9.78 Å². The topological polar surface area (TPSA) is 70.4 Å². The molecule has 0 aliphatic heterocycles. The van der Waals surface area contributed by atoms with Crippen LogP contribution in [0.15, 0.2) is 30.6 Å². The second-order valence-electron chi connectivity index (χ2n) is 5.62. The number of aromatic nitrogens is 1. The highest BCUT2D eigenvalue weighted by Crippen LogP contribution is 2.50. The smallest absolute Gasteiger partial charge is 0.306 e. The lowest BCUT2D eigenvalue weighted by atomic mass is 9.61. The second-order valence-corrected chi connectivity index (χ2v) is 5.62. The van der Waals surface area contributed by atoms with E-state index in [1.807, 2.05) is 18.3 Å². The van der Waals surface area contributed by atoms with Gasteiger partial charge in [-0.15, -0.1) is 0 Å². The summed E-state index contributed by atoms with van der Waals surface area (Å²) in [5.74, 6) is -0.728. The molecule has 3 aliphatic rings. The van der Waals surface area contributed by atoms with Crippen molar-refractivity contribution in [2.45, 2.75) is 31.3 Å². The predicted molar refractivity (Wildman–Crippen MR) is 70.2 cm³/mol. The molecule has 1 heterocycles. The van der Waals surface area contributed by atoms with Gasteiger partial charge < -0.3 is 10.2 Å². The summed E-state index contributed by atoms with van der Waals surface area (Å²) in [6.45, 7) is 0. The fraction of sp³-hybridized carbons (Fsp3) is 0.467. The number of fused-ring (bicyclic) bond motifs is 2. The third-order valence-corrected chi connectivity index (χ3v) is 4.39. The highest BCUT2D eigenvalue weighted by Gasteiger charge is 2.47. The molecule has 0 aromatic carbocycles. The van der Waals surface area contributed by atoms with Gasteiger partial charge >= 0.3 is 5.97 Å². The monoisotopic (exact) mass is 259 g/mol. The molecule has 0 amide bonds. The molecule has 3 aliphatic carbocycles. The fourth-order valence-corrected chi connectivity index (χ4v) is 3.52. The summed E-state index contributed by atoms with van der Waals surface area (Å²) in [7, 11) is 0. The van der Waals surface area contributed by atoms with Crippen LogP contribution in [0.2, 0.25) is 0 Å². The van der Waals surface area contributed by atoms with Gasteiger partial charge in [-0.05, 0) is 42.4 Å². The van der Waals surface area contributed by atoms with E-state index >= 15 is 0 Å². The molecular formula is C15H17NO3. The molecule has 3 atom stereocenters. The lowest BCUT2D eigenvalue weighted by Gasteiger charge is -2.47. The highest BCUT2D eigenvalue weighted by atomic mass is 16.4. The molecule has 0 unspecified atom stereocenters. The quantitative estimate of drug-likeness (QED) is 0.872. The summed E-state index contributed by atoms with van der Waals surface area (Å²) in [6.07, 6.45) is 7.92. The van der Waals surface area contributed by atoms with Crippen molar-refractivity contribution in [3.05, 3.63) is 36.2 Å². The Morgan fingerprint density at radius 2 is 2.32 bits per heavy atom. The largest absolute Gasteiger partial charge is 0.481 e. The number of nitrogens with zero attached hydrogens (tertiary/aromatic N) is 1. The van der Waals surface area contributed by atoms with E-state index in [2.05, 4.69) is 11.1 Å². The van der Waals surface area contributed by atoms with Gasteiger partial charge in [-0.25, -0.2) is 0 Å². The average molecular weight is 259 g/mol. The van der Waals surface area contributed by atoms with E-state index in [4.69, 9.17) is 5.11 Å². The van der Waals surface area contributed by atoms with E-state index in [0.717, 1.165) is 18.4 Å². The molecule has 1 fully saturated rings. The van der Waals surface area contributed by atoms with Crippen LogP contribution in [0.1, 0.15) is 31.2 Å². The van der Waals surface area contributed by atoms with E-state index < -0.39 is 11.6 Å². The molecule has 4 rings (SSSR count). The fourth-order valence-electron chi connectivity index (χ4n) is 3.52. The Bertz CT molecular complexity index is 525. The Kier molecular flexibility index (Phi) is 2.90. The number of carboxylic acids is 1. The summed E-state index contributed by atoms with van der Waals surface area (Å²) >= 11 is 0. The number of pyridine rings is 1. The summed E-state index contributed by atoms with van der Waals surface area (Å²) < 4.78 is 0. The summed E-state index contributed by atoms with van der Waals surface area (Å²) in [6, 6.07) is 3.93. The van der Waals surface area contributed by atoms with Gasteiger partial charge in [-0.2, -0.15) is 0 Å². The zero-order chi connectivity index (χ0) is 13.5. The number of hydrogen-bond donors (Lipinski definition) is 2. The molecule has 1 saturated carbocycles. The minimum Gasteiger partial charge on any atom is -0.481 e. The van der Waals surface area contributed by atoms with Gasteiger partial charge in [0.1, 0.15) is 0 Å². The number of rotatable bonds is 3. The van der Waals surface area contributed by atoms with Crippen LogP contribution in [0, 0.1) is 11.8 Å². The lowest BCUT2D eigenvalue weighted by Crippen LogP contribution is -2.47. The third-order valence-electron chi connectivity index (χ3n) is 4.39. The number of aliphatic carboxylic acids is 1. The number of hydrogen-bond acceptors (Lipinski definition) is 3. The Balaban J connectivity index is 1.92. The molecule has 0 spiro atoms. The second kappa shape index (κ2) is 4.46. The third kappa shape index (κ3) is 2.16. The standard InChI is InChI=1S/C15H17NO3/c17-14(18)8-15(19)7-10-3-4-12(15)6-13(10)11-2-1-5-16-9-11/h1-2,5-6,9-10,12,19H,3-4,7-8H2,(H,17,18)/t10-,12-,15-/m1/s1. The number of carbonyl (C=O) groups is 1. The Hall–Kier alpha value is -1.68. The predicted octanol–water partition coefficient (Wildman–Crippen LogP) is 2.10. The maximum Gasteiger partial charge on any atom is 0.306 e. The molecule has 2 N–H and O–H groups in total. The van der Waals surface area contributed by atoms with E-state index in [1.165, 1.54) is 5.57 Å². The van der Waals surface area contributed by atoms with E-state index in [-0.39, 0.29) is 18.3 Å². The van der Waals surface area contributed by atoms with Crippen LogP contribution in [0.3, 0.4) is 0 Å². The molecule has 19 heavy (non-hydrogen) atoms. The van der Waals surface area contributed by atoms with Crippen LogP contribution in [0.4, 0.5) is 0 Å². The molecule has 2 bridgehead atoms. The van der Waals surface area contributed by atoms with Crippen molar-refractivity contribution in [2.24, 2.45) is 11.8 Å². The van der Waals surface area contributed by atoms with Crippen molar-refractivity contribution in [3.63, 3.8) is 0 Å². The first-order valence-electron chi connectivity index (χ1n) is 6.65. The van der Waals surface area contributed by atoms with Crippen LogP contribution >= 0.6 is 0 Å². The summed E-state index contributed by atoms with van der Waals surface area (Å²) in [5, 5.41) is 19.5. The minimum atomic E-state index is -1.07. The zero-order valence-electron chi connectivity index (χ0n) is 10.6. The normalized spacial score (nSPS) is 33.0. The van der Waals surface area contributed by atoms with Crippen LogP contribution in [0.25, 0.3) is 5.57 Å². The van der Waals surface area contributed by atoms with E-state index in [9.17, 15) is 9.90 Å².